The average molecular weight is 425 g/mol. The number of ether oxygens (including phenoxy) is 1. The lowest BCUT2D eigenvalue weighted by Gasteiger charge is -2.18. The van der Waals surface area contributed by atoms with E-state index in [1.54, 1.807) is 0 Å². The van der Waals surface area contributed by atoms with E-state index < -0.39 is 41.1 Å². The van der Waals surface area contributed by atoms with Gasteiger partial charge in [-0.05, 0) is 22.3 Å². The third kappa shape index (κ3) is 3.79. The summed E-state index contributed by atoms with van der Waals surface area (Å²) in [6, 6.07) is 14.4. The van der Waals surface area contributed by atoms with Gasteiger partial charge in [0.05, 0.1) is 5.56 Å². The molecule has 1 unspecified atom stereocenters. The number of aromatic hydroxyl groups is 1. The average Bonchev–Trinajstić information content (AvgIpc) is 3.04. The largest absolute Gasteiger partial charge is 0.508 e. The van der Waals surface area contributed by atoms with E-state index in [9.17, 15) is 28.6 Å². The molecular weight excluding hydrogens is 408 g/mol. The Morgan fingerprint density at radius 3 is 2.00 bits per heavy atom. The number of hydrogen-bond acceptors (Lipinski definition) is 4. The fourth-order valence-electron chi connectivity index (χ4n) is 3.86. The van der Waals surface area contributed by atoms with Crippen molar-refractivity contribution >= 4 is 12.1 Å². The number of phenolic OH excluding ortho intramolecular Hbond substituents is 1. The second-order valence-electron chi connectivity index (χ2n) is 7.06. The molecule has 0 bridgehead atoms. The maximum Gasteiger partial charge on any atom is 0.408 e. The van der Waals surface area contributed by atoms with Crippen molar-refractivity contribution in [2.45, 2.75) is 12.0 Å². The van der Waals surface area contributed by atoms with Crippen LogP contribution in [0.5, 0.6) is 5.75 Å². The topological polar surface area (TPSA) is 95.9 Å². The predicted octanol–water partition coefficient (Wildman–Crippen LogP) is 4.33. The van der Waals surface area contributed by atoms with Crippen molar-refractivity contribution in [2.75, 3.05) is 6.61 Å². The Balaban J connectivity index is 1.52. The van der Waals surface area contributed by atoms with Gasteiger partial charge < -0.3 is 20.3 Å². The SMILES string of the molecule is O=C(NC(C(=O)O)c1c(F)cc(O)cc1F)OCC1c2ccccc2-c2ccccc21. The molecule has 3 aromatic rings. The van der Waals surface area contributed by atoms with Crippen molar-refractivity contribution in [3.05, 3.63) is 89.0 Å². The molecule has 158 valence electrons. The summed E-state index contributed by atoms with van der Waals surface area (Å²) < 4.78 is 33.4. The molecule has 4 rings (SSSR count). The summed E-state index contributed by atoms with van der Waals surface area (Å²) in [6.45, 7) is -0.0905. The molecule has 0 heterocycles. The highest BCUT2D eigenvalue weighted by molar-refractivity contribution is 5.82. The van der Waals surface area contributed by atoms with Crippen LogP contribution < -0.4 is 5.32 Å². The van der Waals surface area contributed by atoms with Crippen molar-refractivity contribution in [1.29, 1.82) is 0 Å². The number of carbonyl (C=O) groups is 2. The molecule has 0 aromatic heterocycles. The van der Waals surface area contributed by atoms with Gasteiger partial charge in [-0.1, -0.05) is 48.5 Å². The molecule has 1 aliphatic carbocycles. The standard InChI is InChI=1S/C23H17F2NO5/c24-18-9-12(27)10-19(25)20(18)21(22(28)29)26-23(30)31-11-17-15-7-3-1-5-13(15)14-6-2-4-8-16(14)17/h1-10,17,21,27H,11H2,(H,26,30)(H,28,29). The number of aliphatic carboxylic acids is 1. The lowest BCUT2D eigenvalue weighted by molar-refractivity contribution is -0.139. The lowest BCUT2D eigenvalue weighted by Crippen LogP contribution is -2.36. The monoisotopic (exact) mass is 425 g/mol. The number of carbonyl (C=O) groups excluding carboxylic acids is 1. The van der Waals surface area contributed by atoms with E-state index in [2.05, 4.69) is 0 Å². The first-order valence-electron chi connectivity index (χ1n) is 9.39. The Morgan fingerprint density at radius 1 is 0.968 bits per heavy atom. The van der Waals surface area contributed by atoms with Gasteiger partial charge in [0, 0.05) is 18.1 Å². The first-order chi connectivity index (χ1) is 14.9. The summed E-state index contributed by atoms with van der Waals surface area (Å²) in [5.41, 5.74) is 3.05. The molecule has 0 radical (unpaired) electrons. The fourth-order valence-corrected chi connectivity index (χ4v) is 3.86. The van der Waals surface area contributed by atoms with Gasteiger partial charge in [-0.3, -0.25) is 0 Å². The molecule has 0 saturated heterocycles. The molecule has 0 fully saturated rings. The van der Waals surface area contributed by atoms with Crippen LogP contribution in [0.15, 0.2) is 60.7 Å². The number of phenols is 1. The van der Waals surface area contributed by atoms with Gasteiger partial charge in [0.15, 0.2) is 6.04 Å². The molecule has 1 aliphatic rings. The molecule has 31 heavy (non-hydrogen) atoms. The number of carboxylic acid groups (broad SMARTS) is 1. The van der Waals surface area contributed by atoms with Crippen LogP contribution >= 0.6 is 0 Å². The Kier molecular flexibility index (Phi) is 5.29. The van der Waals surface area contributed by atoms with Gasteiger partial charge in [-0.25, -0.2) is 18.4 Å². The van der Waals surface area contributed by atoms with Crippen LogP contribution in [0.25, 0.3) is 11.1 Å². The normalized spacial score (nSPS) is 13.2. The molecule has 0 saturated carbocycles. The van der Waals surface area contributed by atoms with E-state index in [0.29, 0.717) is 12.1 Å². The Labute approximate surface area is 175 Å². The van der Waals surface area contributed by atoms with Crippen LogP contribution in [0.1, 0.15) is 28.7 Å². The number of nitrogens with one attached hydrogen (secondary N) is 1. The smallest absolute Gasteiger partial charge is 0.408 e. The van der Waals surface area contributed by atoms with Crippen molar-refractivity contribution < 1.29 is 33.3 Å². The second kappa shape index (κ2) is 8.06. The van der Waals surface area contributed by atoms with Crippen LogP contribution in [0.3, 0.4) is 0 Å². The van der Waals surface area contributed by atoms with Crippen LogP contribution in [0, 0.1) is 11.6 Å². The van der Waals surface area contributed by atoms with Gasteiger partial charge in [0.25, 0.3) is 0 Å². The maximum absolute atomic E-state index is 14.1. The van der Waals surface area contributed by atoms with Crippen LogP contribution in [0.4, 0.5) is 13.6 Å². The minimum Gasteiger partial charge on any atom is -0.508 e. The maximum atomic E-state index is 14.1. The molecule has 1 amide bonds. The van der Waals surface area contributed by atoms with Crippen LogP contribution in [-0.4, -0.2) is 28.9 Å². The van der Waals surface area contributed by atoms with Crippen molar-refractivity contribution in [3.8, 4) is 16.9 Å². The third-order valence-electron chi connectivity index (χ3n) is 5.21. The minimum atomic E-state index is -2.03. The molecule has 0 aliphatic heterocycles. The van der Waals surface area contributed by atoms with Crippen molar-refractivity contribution in [2.24, 2.45) is 0 Å². The quantitative estimate of drug-likeness (QED) is 0.565. The second-order valence-corrected chi connectivity index (χ2v) is 7.06. The first kappa shape index (κ1) is 20.3. The van der Waals surface area contributed by atoms with Crippen molar-refractivity contribution in [1.82, 2.24) is 5.32 Å². The van der Waals surface area contributed by atoms with E-state index in [1.807, 2.05) is 53.8 Å². The molecule has 3 N–H and O–H groups in total. The molecular formula is C23H17F2NO5. The summed E-state index contributed by atoms with van der Waals surface area (Å²) in [5.74, 6) is -5.25. The zero-order chi connectivity index (χ0) is 22.1. The number of benzene rings is 3. The zero-order valence-corrected chi connectivity index (χ0v) is 16.0. The Bertz CT molecular complexity index is 1110. The van der Waals surface area contributed by atoms with E-state index in [0.717, 1.165) is 22.3 Å². The van der Waals surface area contributed by atoms with E-state index >= 15 is 0 Å². The molecule has 0 spiro atoms. The van der Waals surface area contributed by atoms with Crippen molar-refractivity contribution in [3.63, 3.8) is 0 Å². The Hall–Kier alpha value is -3.94. The summed E-state index contributed by atoms with van der Waals surface area (Å²) in [5, 5.41) is 20.6. The van der Waals surface area contributed by atoms with Gasteiger partial charge in [0.2, 0.25) is 0 Å². The lowest BCUT2D eigenvalue weighted by atomic mass is 9.98. The number of halogens is 2. The highest BCUT2D eigenvalue weighted by atomic mass is 19.1. The molecule has 8 heteroatoms. The number of fused-ring (bicyclic) bond motifs is 3. The van der Waals surface area contributed by atoms with E-state index in [1.165, 1.54) is 0 Å². The molecule has 3 aromatic carbocycles. The number of hydrogen-bond donors (Lipinski definition) is 3. The fraction of sp³-hybridized carbons (Fsp3) is 0.130. The highest BCUT2D eigenvalue weighted by Gasteiger charge is 2.32. The van der Waals surface area contributed by atoms with Crippen LogP contribution in [-0.2, 0) is 9.53 Å². The van der Waals surface area contributed by atoms with E-state index in [4.69, 9.17) is 4.74 Å². The van der Waals surface area contributed by atoms with Gasteiger partial charge >= 0.3 is 12.1 Å². The van der Waals surface area contributed by atoms with Crippen LogP contribution in [0.2, 0.25) is 0 Å². The van der Waals surface area contributed by atoms with Gasteiger partial charge in [-0.15, -0.1) is 0 Å². The first-order valence-corrected chi connectivity index (χ1v) is 9.39. The summed E-state index contributed by atoms with van der Waals surface area (Å²) in [4.78, 5) is 23.9. The number of amides is 1. The Morgan fingerprint density at radius 2 is 1.48 bits per heavy atom. The molecule has 1 atom stereocenters. The predicted molar refractivity (Wildman–Crippen MR) is 107 cm³/mol. The van der Waals surface area contributed by atoms with E-state index in [-0.39, 0.29) is 12.5 Å². The van der Waals surface area contributed by atoms with Gasteiger partial charge in [0.1, 0.15) is 24.0 Å². The summed E-state index contributed by atoms with van der Waals surface area (Å²) in [7, 11) is 0. The highest BCUT2D eigenvalue weighted by Crippen LogP contribution is 2.44. The number of carboxylic acids is 1. The minimum absolute atomic E-state index is 0.0905. The number of rotatable bonds is 5. The summed E-state index contributed by atoms with van der Waals surface area (Å²) in [6.07, 6.45) is -1.14. The summed E-state index contributed by atoms with van der Waals surface area (Å²) >= 11 is 0. The van der Waals surface area contributed by atoms with Gasteiger partial charge in [-0.2, -0.15) is 0 Å². The third-order valence-corrected chi connectivity index (χ3v) is 5.21. The molecule has 6 nitrogen and oxygen atoms in total. The zero-order valence-electron chi connectivity index (χ0n) is 16.0. The number of alkyl carbamates (subject to hydrolysis) is 1.